The molecule has 0 N–H and O–H groups in total. The first kappa shape index (κ1) is 14.0. The molecule has 2 aromatic rings. The zero-order valence-electron chi connectivity index (χ0n) is 12.9. The van der Waals surface area contributed by atoms with Crippen molar-refractivity contribution in [2.24, 2.45) is 0 Å². The molecule has 2 heterocycles. The highest BCUT2D eigenvalue weighted by Crippen LogP contribution is 2.30. The van der Waals surface area contributed by atoms with Crippen LogP contribution >= 0.6 is 0 Å². The monoisotopic (exact) mass is 287 g/mol. The van der Waals surface area contributed by atoms with E-state index in [1.54, 1.807) is 4.68 Å². The first-order valence-electron chi connectivity index (χ1n) is 7.15. The van der Waals surface area contributed by atoms with Crippen molar-refractivity contribution in [3.8, 4) is 5.69 Å². The van der Waals surface area contributed by atoms with Crippen molar-refractivity contribution in [3.63, 3.8) is 0 Å². The third-order valence-corrected chi connectivity index (χ3v) is 3.43. The van der Waals surface area contributed by atoms with E-state index in [1.165, 1.54) is 0 Å². The van der Waals surface area contributed by atoms with Gasteiger partial charge in [-0.1, -0.05) is 23.3 Å². The molecular formula is C15H21N5O. The summed E-state index contributed by atoms with van der Waals surface area (Å²) < 4.78 is 7.89. The lowest BCUT2D eigenvalue weighted by Gasteiger charge is -2.47. The van der Waals surface area contributed by atoms with E-state index in [0.717, 1.165) is 24.7 Å². The lowest BCUT2D eigenvalue weighted by atomic mass is 9.99. The van der Waals surface area contributed by atoms with Crippen LogP contribution in [0.15, 0.2) is 30.3 Å². The Morgan fingerprint density at radius 2 is 1.62 bits per heavy atom. The van der Waals surface area contributed by atoms with Crippen molar-refractivity contribution >= 4 is 5.95 Å². The summed E-state index contributed by atoms with van der Waals surface area (Å²) in [6.45, 7) is 9.89. The smallest absolute Gasteiger partial charge is 0.250 e. The van der Waals surface area contributed by atoms with Crippen LogP contribution in [0.5, 0.6) is 0 Å². The molecule has 21 heavy (non-hydrogen) atoms. The predicted octanol–water partition coefficient (Wildman–Crippen LogP) is 2.06. The molecule has 112 valence electrons. The number of tetrazole rings is 1. The van der Waals surface area contributed by atoms with Gasteiger partial charge >= 0.3 is 0 Å². The zero-order valence-corrected chi connectivity index (χ0v) is 12.9. The molecule has 0 saturated carbocycles. The van der Waals surface area contributed by atoms with Crippen LogP contribution in [0.1, 0.15) is 27.7 Å². The van der Waals surface area contributed by atoms with Gasteiger partial charge in [0, 0.05) is 13.1 Å². The minimum absolute atomic E-state index is 0.241. The topological polar surface area (TPSA) is 56.1 Å². The molecule has 1 aliphatic rings. The molecule has 0 amide bonds. The summed E-state index contributed by atoms with van der Waals surface area (Å²) in [7, 11) is 0. The highest BCUT2D eigenvalue weighted by molar-refractivity contribution is 5.41. The third kappa shape index (κ3) is 2.90. The van der Waals surface area contributed by atoms with Crippen LogP contribution in [0.4, 0.5) is 5.95 Å². The second-order valence-electron chi connectivity index (χ2n) is 6.70. The Balaban J connectivity index is 1.96. The Labute approximate surface area is 124 Å². The first-order valence-corrected chi connectivity index (χ1v) is 7.15. The van der Waals surface area contributed by atoms with Gasteiger partial charge < -0.3 is 9.64 Å². The van der Waals surface area contributed by atoms with Gasteiger partial charge in [-0.15, -0.1) is 0 Å². The van der Waals surface area contributed by atoms with Gasteiger partial charge in [-0.3, -0.25) is 0 Å². The van der Waals surface area contributed by atoms with Crippen LogP contribution in [0, 0.1) is 0 Å². The van der Waals surface area contributed by atoms with Crippen molar-refractivity contribution < 1.29 is 4.74 Å². The SMILES string of the molecule is CC1(C)CN(c2nnnn2-c2ccccc2)CC(C)(C)O1. The maximum absolute atomic E-state index is 6.12. The summed E-state index contributed by atoms with van der Waals surface area (Å²) in [5.41, 5.74) is 0.476. The van der Waals surface area contributed by atoms with E-state index in [9.17, 15) is 0 Å². The van der Waals surface area contributed by atoms with Crippen molar-refractivity contribution in [1.29, 1.82) is 0 Å². The molecule has 0 bridgehead atoms. The van der Waals surface area contributed by atoms with Crippen LogP contribution in [0.2, 0.25) is 0 Å². The Hall–Kier alpha value is -1.95. The minimum atomic E-state index is -0.241. The summed E-state index contributed by atoms with van der Waals surface area (Å²) in [5, 5.41) is 12.2. The van der Waals surface area contributed by atoms with E-state index in [0.29, 0.717) is 0 Å². The number of morpholine rings is 1. The average molecular weight is 287 g/mol. The number of anilines is 1. The molecule has 1 aliphatic heterocycles. The van der Waals surface area contributed by atoms with Gasteiger partial charge in [-0.25, -0.2) is 0 Å². The highest BCUT2D eigenvalue weighted by atomic mass is 16.5. The maximum atomic E-state index is 6.12. The van der Waals surface area contributed by atoms with Crippen molar-refractivity contribution in [2.75, 3.05) is 18.0 Å². The Bertz CT molecular complexity index is 604. The van der Waals surface area contributed by atoms with Crippen LogP contribution < -0.4 is 4.90 Å². The fraction of sp³-hybridized carbons (Fsp3) is 0.533. The number of ether oxygens (including phenoxy) is 1. The van der Waals surface area contributed by atoms with Crippen molar-refractivity contribution in [3.05, 3.63) is 30.3 Å². The largest absolute Gasteiger partial charge is 0.366 e. The van der Waals surface area contributed by atoms with Gasteiger partial charge in [0.25, 0.3) is 5.95 Å². The van der Waals surface area contributed by atoms with Crippen LogP contribution in [-0.2, 0) is 4.74 Å². The molecule has 3 rings (SSSR count). The Kier molecular flexibility index (Phi) is 3.20. The molecule has 0 atom stereocenters. The number of benzene rings is 1. The summed E-state index contributed by atoms with van der Waals surface area (Å²) in [6, 6.07) is 9.93. The normalized spacial score (nSPS) is 20.5. The van der Waals surface area contributed by atoms with Crippen LogP contribution in [-0.4, -0.2) is 44.5 Å². The van der Waals surface area contributed by atoms with E-state index >= 15 is 0 Å². The molecule has 1 aromatic heterocycles. The fourth-order valence-corrected chi connectivity index (χ4v) is 3.04. The number of nitrogens with zero attached hydrogens (tertiary/aromatic N) is 5. The molecule has 0 unspecified atom stereocenters. The molecule has 6 heteroatoms. The molecule has 6 nitrogen and oxygen atoms in total. The van der Waals surface area contributed by atoms with Gasteiger partial charge in [0.05, 0.1) is 16.9 Å². The zero-order chi connectivity index (χ0) is 15.1. The standard InChI is InChI=1S/C15H21N5O/c1-14(2)10-19(11-15(3,4)21-14)13-16-17-18-20(13)12-8-6-5-7-9-12/h5-9H,10-11H2,1-4H3. The molecule has 0 spiro atoms. The molecule has 0 radical (unpaired) electrons. The highest BCUT2D eigenvalue weighted by Gasteiger charge is 2.39. The molecule has 0 aliphatic carbocycles. The number of hydrogen-bond acceptors (Lipinski definition) is 5. The number of aromatic nitrogens is 4. The lowest BCUT2D eigenvalue weighted by Crippen LogP contribution is -2.57. The number of rotatable bonds is 2. The van der Waals surface area contributed by atoms with Gasteiger partial charge in [-0.05, 0) is 50.3 Å². The first-order chi connectivity index (χ1) is 9.86. The maximum Gasteiger partial charge on any atom is 0.250 e. The van der Waals surface area contributed by atoms with E-state index < -0.39 is 0 Å². The van der Waals surface area contributed by atoms with E-state index in [1.807, 2.05) is 30.3 Å². The van der Waals surface area contributed by atoms with E-state index in [-0.39, 0.29) is 11.2 Å². The summed E-state index contributed by atoms with van der Waals surface area (Å²) in [4.78, 5) is 2.19. The second kappa shape index (κ2) is 4.80. The van der Waals surface area contributed by atoms with Gasteiger partial charge in [0.2, 0.25) is 0 Å². The Morgan fingerprint density at radius 3 is 2.24 bits per heavy atom. The minimum Gasteiger partial charge on any atom is -0.366 e. The van der Waals surface area contributed by atoms with E-state index in [2.05, 4.69) is 48.1 Å². The van der Waals surface area contributed by atoms with E-state index in [4.69, 9.17) is 4.74 Å². The molecule has 1 fully saturated rings. The average Bonchev–Trinajstić information content (AvgIpc) is 2.85. The third-order valence-electron chi connectivity index (χ3n) is 3.43. The quantitative estimate of drug-likeness (QED) is 0.846. The van der Waals surface area contributed by atoms with Gasteiger partial charge in [0.1, 0.15) is 0 Å². The van der Waals surface area contributed by atoms with Crippen molar-refractivity contribution in [1.82, 2.24) is 20.2 Å². The Morgan fingerprint density at radius 1 is 1.00 bits per heavy atom. The fourth-order valence-electron chi connectivity index (χ4n) is 3.04. The summed E-state index contributed by atoms with van der Waals surface area (Å²) in [6.07, 6.45) is 0. The second-order valence-corrected chi connectivity index (χ2v) is 6.70. The molecular weight excluding hydrogens is 266 g/mol. The van der Waals surface area contributed by atoms with Crippen LogP contribution in [0.3, 0.4) is 0 Å². The molecule has 1 aromatic carbocycles. The van der Waals surface area contributed by atoms with Gasteiger partial charge in [-0.2, -0.15) is 4.68 Å². The molecule has 1 saturated heterocycles. The van der Waals surface area contributed by atoms with Gasteiger partial charge in [0.15, 0.2) is 0 Å². The number of hydrogen-bond donors (Lipinski definition) is 0. The van der Waals surface area contributed by atoms with Crippen LogP contribution in [0.25, 0.3) is 5.69 Å². The summed E-state index contributed by atoms with van der Waals surface area (Å²) in [5.74, 6) is 0.755. The predicted molar refractivity (Wildman–Crippen MR) is 80.6 cm³/mol. The lowest BCUT2D eigenvalue weighted by molar-refractivity contribution is -0.133. The van der Waals surface area contributed by atoms with Crippen molar-refractivity contribution in [2.45, 2.75) is 38.9 Å². The number of para-hydroxylation sites is 1. The summed E-state index contributed by atoms with van der Waals surface area (Å²) >= 11 is 0.